The van der Waals surface area contributed by atoms with Gasteiger partial charge in [-0.2, -0.15) is 0 Å². The van der Waals surface area contributed by atoms with Gasteiger partial charge in [-0.3, -0.25) is 4.79 Å². The number of methoxy groups -OCH3 is 1. The average Bonchev–Trinajstić information content (AvgIpc) is 2.55. The standard InChI is InChI=1S/C17H18N2O2/c1-21-14-9-5-8-13(10-14)16-15(18)17(20)19(16)11-12-6-3-2-4-7-12/h2-10,15-16H,11,18H2,1H3/t15-,16-/m0/s1. The van der Waals surface area contributed by atoms with E-state index in [-0.39, 0.29) is 11.9 Å². The number of amides is 1. The summed E-state index contributed by atoms with van der Waals surface area (Å²) < 4.78 is 5.24. The first-order valence-corrected chi connectivity index (χ1v) is 6.94. The highest BCUT2D eigenvalue weighted by Crippen LogP contribution is 2.36. The van der Waals surface area contributed by atoms with Crippen LogP contribution in [0.25, 0.3) is 0 Å². The van der Waals surface area contributed by atoms with Crippen molar-refractivity contribution in [2.45, 2.75) is 18.6 Å². The number of likely N-dealkylation sites (tertiary alicyclic amines) is 1. The van der Waals surface area contributed by atoms with Gasteiger partial charge in [0.25, 0.3) is 0 Å². The maximum absolute atomic E-state index is 12.1. The fraction of sp³-hybridized carbons (Fsp3) is 0.235. The highest BCUT2D eigenvalue weighted by Gasteiger charge is 2.45. The van der Waals surface area contributed by atoms with E-state index in [1.807, 2.05) is 59.5 Å². The highest BCUT2D eigenvalue weighted by molar-refractivity contribution is 5.89. The Kier molecular flexibility index (Phi) is 3.62. The summed E-state index contributed by atoms with van der Waals surface area (Å²) in [4.78, 5) is 13.9. The predicted octanol–water partition coefficient (Wildman–Crippen LogP) is 2.11. The molecule has 0 unspecified atom stereocenters. The summed E-state index contributed by atoms with van der Waals surface area (Å²) in [5, 5.41) is 0. The average molecular weight is 282 g/mol. The molecular weight excluding hydrogens is 264 g/mol. The Balaban J connectivity index is 1.84. The molecule has 108 valence electrons. The van der Waals surface area contributed by atoms with Crippen LogP contribution in [0.5, 0.6) is 5.75 Å². The summed E-state index contributed by atoms with van der Waals surface area (Å²) in [6.45, 7) is 0.579. The van der Waals surface area contributed by atoms with Gasteiger partial charge in [-0.15, -0.1) is 0 Å². The molecule has 2 aromatic carbocycles. The van der Waals surface area contributed by atoms with Crippen molar-refractivity contribution < 1.29 is 9.53 Å². The first-order valence-electron chi connectivity index (χ1n) is 6.94. The largest absolute Gasteiger partial charge is 0.497 e. The van der Waals surface area contributed by atoms with Crippen molar-refractivity contribution >= 4 is 5.91 Å². The number of nitrogens with zero attached hydrogens (tertiary/aromatic N) is 1. The second-order valence-corrected chi connectivity index (χ2v) is 5.20. The van der Waals surface area contributed by atoms with E-state index in [1.165, 1.54) is 0 Å². The molecule has 1 aliphatic rings. The second-order valence-electron chi connectivity index (χ2n) is 5.20. The van der Waals surface area contributed by atoms with E-state index in [0.717, 1.165) is 16.9 Å². The van der Waals surface area contributed by atoms with Gasteiger partial charge in [0.2, 0.25) is 5.91 Å². The van der Waals surface area contributed by atoms with E-state index in [9.17, 15) is 4.79 Å². The Morgan fingerprint density at radius 3 is 2.62 bits per heavy atom. The molecule has 0 bridgehead atoms. The summed E-state index contributed by atoms with van der Waals surface area (Å²) in [7, 11) is 1.63. The molecule has 1 heterocycles. The fourth-order valence-electron chi connectivity index (χ4n) is 2.74. The minimum Gasteiger partial charge on any atom is -0.497 e. The number of benzene rings is 2. The van der Waals surface area contributed by atoms with Crippen LogP contribution in [0.2, 0.25) is 0 Å². The number of hydrogen-bond acceptors (Lipinski definition) is 3. The van der Waals surface area contributed by atoms with Gasteiger partial charge in [-0.25, -0.2) is 0 Å². The minimum atomic E-state index is -0.471. The van der Waals surface area contributed by atoms with Crippen LogP contribution in [0.15, 0.2) is 54.6 Å². The van der Waals surface area contributed by atoms with Crippen LogP contribution in [0.1, 0.15) is 17.2 Å². The van der Waals surface area contributed by atoms with E-state index < -0.39 is 6.04 Å². The maximum atomic E-state index is 12.1. The summed E-state index contributed by atoms with van der Waals surface area (Å²) in [6.07, 6.45) is 0. The molecular formula is C17H18N2O2. The first kappa shape index (κ1) is 13.6. The third-order valence-corrected chi connectivity index (χ3v) is 3.88. The highest BCUT2D eigenvalue weighted by atomic mass is 16.5. The van der Waals surface area contributed by atoms with Crippen LogP contribution >= 0.6 is 0 Å². The summed E-state index contributed by atoms with van der Waals surface area (Å²) in [6, 6.07) is 17.1. The Morgan fingerprint density at radius 1 is 1.14 bits per heavy atom. The smallest absolute Gasteiger partial charge is 0.242 e. The van der Waals surface area contributed by atoms with E-state index in [0.29, 0.717) is 6.54 Å². The van der Waals surface area contributed by atoms with Gasteiger partial charge in [0.05, 0.1) is 13.2 Å². The van der Waals surface area contributed by atoms with Crippen molar-refractivity contribution in [1.29, 1.82) is 0 Å². The Hall–Kier alpha value is -2.33. The summed E-state index contributed by atoms with van der Waals surface area (Å²) >= 11 is 0. The lowest BCUT2D eigenvalue weighted by Crippen LogP contribution is -2.62. The van der Waals surface area contributed by atoms with E-state index in [1.54, 1.807) is 7.11 Å². The van der Waals surface area contributed by atoms with Crippen LogP contribution in [0.4, 0.5) is 0 Å². The van der Waals surface area contributed by atoms with Crippen molar-refractivity contribution in [2.24, 2.45) is 5.73 Å². The molecule has 4 nitrogen and oxygen atoms in total. The molecule has 0 radical (unpaired) electrons. The molecule has 3 rings (SSSR count). The van der Waals surface area contributed by atoms with Crippen LogP contribution < -0.4 is 10.5 Å². The van der Waals surface area contributed by atoms with Gasteiger partial charge in [-0.05, 0) is 23.3 Å². The molecule has 2 aromatic rings. The molecule has 0 spiro atoms. The zero-order chi connectivity index (χ0) is 14.8. The van der Waals surface area contributed by atoms with Crippen molar-refractivity contribution in [1.82, 2.24) is 4.90 Å². The topological polar surface area (TPSA) is 55.6 Å². The molecule has 0 saturated carbocycles. The Morgan fingerprint density at radius 2 is 1.90 bits per heavy atom. The number of β-lactam (4-membered cyclic amide) rings is 1. The number of nitrogens with two attached hydrogens (primary N) is 1. The molecule has 1 saturated heterocycles. The quantitative estimate of drug-likeness (QED) is 0.874. The Labute approximate surface area is 124 Å². The number of carbonyl (C=O) groups is 1. The van der Waals surface area contributed by atoms with Gasteiger partial charge >= 0.3 is 0 Å². The lowest BCUT2D eigenvalue weighted by molar-refractivity contribution is -0.150. The molecule has 1 aliphatic heterocycles. The predicted molar refractivity (Wildman–Crippen MR) is 80.7 cm³/mol. The van der Waals surface area contributed by atoms with Gasteiger partial charge in [0.1, 0.15) is 11.8 Å². The Bertz CT molecular complexity index is 642. The van der Waals surface area contributed by atoms with Gasteiger partial charge < -0.3 is 15.4 Å². The van der Waals surface area contributed by atoms with Crippen molar-refractivity contribution in [3.8, 4) is 5.75 Å². The van der Waals surface area contributed by atoms with Crippen molar-refractivity contribution in [2.75, 3.05) is 7.11 Å². The molecule has 0 aliphatic carbocycles. The van der Waals surface area contributed by atoms with Gasteiger partial charge in [-0.1, -0.05) is 42.5 Å². The van der Waals surface area contributed by atoms with Crippen molar-refractivity contribution in [3.05, 3.63) is 65.7 Å². The SMILES string of the molecule is COc1cccc([C@H]2[C@H](N)C(=O)N2Cc2ccccc2)c1. The van der Waals surface area contributed by atoms with Gasteiger partial charge in [0.15, 0.2) is 0 Å². The number of ether oxygens (including phenoxy) is 1. The van der Waals surface area contributed by atoms with Gasteiger partial charge in [0, 0.05) is 6.54 Å². The lowest BCUT2D eigenvalue weighted by atomic mass is 9.88. The number of carbonyl (C=O) groups excluding carboxylic acids is 1. The minimum absolute atomic E-state index is 0.00771. The lowest BCUT2D eigenvalue weighted by Gasteiger charge is -2.45. The third kappa shape index (κ3) is 2.50. The third-order valence-electron chi connectivity index (χ3n) is 3.88. The van der Waals surface area contributed by atoms with E-state index in [2.05, 4.69) is 0 Å². The summed E-state index contributed by atoms with van der Waals surface area (Å²) in [5.41, 5.74) is 8.12. The van der Waals surface area contributed by atoms with E-state index >= 15 is 0 Å². The monoisotopic (exact) mass is 282 g/mol. The van der Waals surface area contributed by atoms with Crippen molar-refractivity contribution in [3.63, 3.8) is 0 Å². The zero-order valence-electron chi connectivity index (χ0n) is 11.9. The van der Waals surface area contributed by atoms with E-state index in [4.69, 9.17) is 10.5 Å². The maximum Gasteiger partial charge on any atom is 0.242 e. The van der Waals surface area contributed by atoms with Crippen LogP contribution in [0, 0.1) is 0 Å². The molecule has 21 heavy (non-hydrogen) atoms. The van der Waals surface area contributed by atoms with Crippen LogP contribution in [-0.4, -0.2) is 24.0 Å². The summed E-state index contributed by atoms with van der Waals surface area (Å²) in [5.74, 6) is 0.769. The molecule has 1 amide bonds. The number of rotatable bonds is 4. The second kappa shape index (κ2) is 5.58. The molecule has 4 heteroatoms. The number of hydrogen-bond donors (Lipinski definition) is 1. The normalized spacial score (nSPS) is 21.0. The molecule has 2 N–H and O–H groups in total. The van der Waals surface area contributed by atoms with Crippen LogP contribution in [0.3, 0.4) is 0 Å². The zero-order valence-corrected chi connectivity index (χ0v) is 11.9. The van der Waals surface area contributed by atoms with Crippen LogP contribution in [-0.2, 0) is 11.3 Å². The molecule has 0 aromatic heterocycles. The molecule has 1 fully saturated rings. The first-order chi connectivity index (χ1) is 10.2. The molecule has 2 atom stereocenters. The fourth-order valence-corrected chi connectivity index (χ4v) is 2.74.